The Morgan fingerprint density at radius 1 is 1.19 bits per heavy atom. The molecule has 0 spiro atoms. The molecule has 1 amide bonds. The Labute approximate surface area is 186 Å². The van der Waals surface area contributed by atoms with E-state index in [9.17, 15) is 4.79 Å². The molecule has 0 aliphatic carbocycles. The van der Waals surface area contributed by atoms with Gasteiger partial charge in [0.25, 0.3) is 0 Å². The van der Waals surface area contributed by atoms with Gasteiger partial charge in [-0.15, -0.1) is 10.2 Å². The number of thioether (sulfide) groups is 1. The van der Waals surface area contributed by atoms with E-state index in [2.05, 4.69) is 33.9 Å². The average Bonchev–Trinajstić information content (AvgIpc) is 3.17. The topological polar surface area (TPSA) is 81.1 Å². The normalized spacial score (nSPS) is 17.5. The molecule has 0 unspecified atom stereocenters. The first-order chi connectivity index (χ1) is 15.0. The highest BCUT2D eigenvalue weighted by molar-refractivity contribution is 8.00. The number of benzene rings is 2. The van der Waals surface area contributed by atoms with Gasteiger partial charge in [-0.1, -0.05) is 48.5 Å². The second kappa shape index (κ2) is 9.01. The highest BCUT2D eigenvalue weighted by Gasteiger charge is 2.37. The average molecular weight is 438 g/mol. The number of ether oxygens (including phenoxy) is 1. The molecule has 2 N–H and O–H groups in total. The van der Waals surface area contributed by atoms with Gasteiger partial charge in [0.05, 0.1) is 13.2 Å². The number of carbonyl (C=O) groups is 1. The van der Waals surface area contributed by atoms with E-state index in [1.807, 2.05) is 54.9 Å². The van der Waals surface area contributed by atoms with Crippen LogP contribution in [-0.2, 0) is 11.2 Å². The molecule has 2 aromatic carbocycles. The van der Waals surface area contributed by atoms with Crippen molar-refractivity contribution in [3.63, 3.8) is 0 Å². The highest BCUT2D eigenvalue weighted by atomic mass is 32.2. The number of hydrogen-bond acceptors (Lipinski definition) is 6. The first-order valence-electron chi connectivity index (χ1n) is 10.4. The van der Waals surface area contributed by atoms with Crippen LogP contribution in [0, 0.1) is 13.8 Å². The number of anilines is 1. The predicted octanol–water partition coefficient (Wildman–Crippen LogP) is 4.25. The molecule has 1 aliphatic rings. The monoisotopic (exact) mass is 437 g/mol. The highest BCUT2D eigenvalue weighted by Crippen LogP contribution is 2.38. The zero-order chi connectivity index (χ0) is 22.0. The summed E-state index contributed by atoms with van der Waals surface area (Å²) in [5.74, 6) is 1.58. The van der Waals surface area contributed by atoms with Crippen molar-refractivity contribution >= 4 is 23.4 Å². The molecular weight excluding hydrogens is 410 g/mol. The summed E-state index contributed by atoms with van der Waals surface area (Å²) in [6.07, 6.45) is 1.78. The second-order valence-electron chi connectivity index (χ2n) is 7.71. The van der Waals surface area contributed by atoms with Gasteiger partial charge in [0.15, 0.2) is 5.82 Å². The zero-order valence-corrected chi connectivity index (χ0v) is 19.0. The minimum atomic E-state index is -0.416. The third kappa shape index (κ3) is 4.39. The van der Waals surface area contributed by atoms with E-state index in [1.165, 1.54) is 11.8 Å². The molecule has 3 aromatic rings. The van der Waals surface area contributed by atoms with Crippen molar-refractivity contribution in [1.29, 1.82) is 0 Å². The summed E-state index contributed by atoms with van der Waals surface area (Å²) < 4.78 is 7.22. The van der Waals surface area contributed by atoms with Crippen LogP contribution in [0.15, 0.2) is 47.6 Å². The molecule has 7 nitrogen and oxygen atoms in total. The van der Waals surface area contributed by atoms with Gasteiger partial charge in [-0.05, 0) is 49.6 Å². The van der Waals surface area contributed by atoms with Crippen LogP contribution in [0.3, 0.4) is 0 Å². The Morgan fingerprint density at radius 3 is 2.65 bits per heavy atom. The van der Waals surface area contributed by atoms with Crippen LogP contribution >= 0.6 is 11.8 Å². The number of carbonyl (C=O) groups excluding carboxylic acids is 1. The summed E-state index contributed by atoms with van der Waals surface area (Å²) in [4.78, 5) is 13.4. The molecule has 1 aromatic heterocycles. The van der Waals surface area contributed by atoms with Crippen molar-refractivity contribution < 1.29 is 9.53 Å². The molecule has 0 fully saturated rings. The Morgan fingerprint density at radius 2 is 1.97 bits per heavy atom. The Hall–Kier alpha value is -3.00. The van der Waals surface area contributed by atoms with E-state index in [1.54, 1.807) is 7.11 Å². The van der Waals surface area contributed by atoms with Crippen molar-refractivity contribution in [2.24, 2.45) is 0 Å². The van der Waals surface area contributed by atoms with Gasteiger partial charge in [-0.3, -0.25) is 4.79 Å². The summed E-state index contributed by atoms with van der Waals surface area (Å²) in [7, 11) is 1.64. The van der Waals surface area contributed by atoms with Gasteiger partial charge in [0.2, 0.25) is 11.1 Å². The Balaban J connectivity index is 1.67. The first-order valence-corrected chi connectivity index (χ1v) is 11.3. The van der Waals surface area contributed by atoms with E-state index in [4.69, 9.17) is 4.74 Å². The standard InChI is InChI=1S/C23H27N5O2S/c1-5-6-19-25-26-23-28(19)27-20(16-8-10-17(30-4)11-9-16)21(31-23)22(29)24-18-12-7-14(2)13-15(18)3/h7-13,20-21,27H,5-6H2,1-4H3,(H,24,29)/t20-,21-/m0/s1. The molecule has 8 heteroatoms. The van der Waals surface area contributed by atoms with Crippen LogP contribution in [0.5, 0.6) is 5.75 Å². The van der Waals surface area contributed by atoms with E-state index >= 15 is 0 Å². The van der Waals surface area contributed by atoms with Gasteiger partial charge in [-0.2, -0.15) is 0 Å². The van der Waals surface area contributed by atoms with Crippen LogP contribution in [0.2, 0.25) is 0 Å². The molecule has 2 atom stereocenters. The summed E-state index contributed by atoms with van der Waals surface area (Å²) in [6.45, 7) is 6.15. The Bertz CT molecular complexity index is 1080. The number of methoxy groups -OCH3 is 1. The van der Waals surface area contributed by atoms with Crippen molar-refractivity contribution in [3.05, 3.63) is 65.0 Å². The van der Waals surface area contributed by atoms with Crippen molar-refractivity contribution in [1.82, 2.24) is 14.9 Å². The smallest absolute Gasteiger partial charge is 0.240 e. The van der Waals surface area contributed by atoms with Gasteiger partial charge in [-0.25, -0.2) is 4.68 Å². The summed E-state index contributed by atoms with van der Waals surface area (Å²) in [6, 6.07) is 13.6. The maximum absolute atomic E-state index is 13.4. The lowest BCUT2D eigenvalue weighted by molar-refractivity contribution is -0.116. The first kappa shape index (κ1) is 21.2. The van der Waals surface area contributed by atoms with Crippen LogP contribution in [-0.4, -0.2) is 33.1 Å². The number of nitrogens with one attached hydrogen (secondary N) is 2. The molecule has 162 valence electrons. The lowest BCUT2D eigenvalue weighted by atomic mass is 10.0. The molecule has 0 bridgehead atoms. The Kier molecular flexibility index (Phi) is 6.18. The minimum absolute atomic E-state index is 0.0726. The third-order valence-corrected chi connectivity index (χ3v) is 6.57. The fourth-order valence-corrected chi connectivity index (χ4v) is 4.80. The number of aryl methyl sites for hydroxylation is 3. The van der Waals surface area contributed by atoms with Crippen LogP contribution in [0.4, 0.5) is 5.69 Å². The fraction of sp³-hybridized carbons (Fsp3) is 0.348. The summed E-state index contributed by atoms with van der Waals surface area (Å²) in [5, 5.41) is 12.0. The lowest BCUT2D eigenvalue weighted by Crippen LogP contribution is -2.41. The van der Waals surface area contributed by atoms with Crippen LogP contribution in [0.25, 0.3) is 0 Å². The molecule has 31 heavy (non-hydrogen) atoms. The van der Waals surface area contributed by atoms with Crippen molar-refractivity contribution in [2.45, 2.75) is 50.1 Å². The molecule has 0 saturated heterocycles. The molecule has 4 rings (SSSR count). The molecule has 0 radical (unpaired) electrons. The predicted molar refractivity (Wildman–Crippen MR) is 123 cm³/mol. The largest absolute Gasteiger partial charge is 0.497 e. The second-order valence-corrected chi connectivity index (χ2v) is 8.82. The van der Waals surface area contributed by atoms with Gasteiger partial charge in [0.1, 0.15) is 11.0 Å². The maximum Gasteiger partial charge on any atom is 0.240 e. The molecule has 2 heterocycles. The van der Waals surface area contributed by atoms with Gasteiger partial charge >= 0.3 is 0 Å². The van der Waals surface area contributed by atoms with Crippen molar-refractivity contribution in [3.8, 4) is 5.75 Å². The number of aromatic nitrogens is 3. The zero-order valence-electron chi connectivity index (χ0n) is 18.2. The van der Waals surface area contributed by atoms with Gasteiger partial charge in [0, 0.05) is 12.1 Å². The number of fused-ring (bicyclic) bond motifs is 1. The van der Waals surface area contributed by atoms with E-state index in [-0.39, 0.29) is 11.9 Å². The van der Waals surface area contributed by atoms with E-state index < -0.39 is 5.25 Å². The third-order valence-electron chi connectivity index (χ3n) is 5.35. The van der Waals surface area contributed by atoms with Crippen molar-refractivity contribution in [2.75, 3.05) is 17.9 Å². The molecular formula is C23H27N5O2S. The number of rotatable bonds is 6. The quantitative estimate of drug-likeness (QED) is 0.600. The molecule has 0 saturated carbocycles. The number of amides is 1. The van der Waals surface area contributed by atoms with E-state index in [0.29, 0.717) is 5.16 Å². The fourth-order valence-electron chi connectivity index (χ4n) is 3.70. The molecule has 1 aliphatic heterocycles. The lowest BCUT2D eigenvalue weighted by Gasteiger charge is -2.33. The van der Waals surface area contributed by atoms with Crippen LogP contribution in [0.1, 0.15) is 41.9 Å². The minimum Gasteiger partial charge on any atom is -0.497 e. The number of nitrogens with zero attached hydrogens (tertiary/aromatic N) is 3. The number of hydrogen-bond donors (Lipinski definition) is 2. The van der Waals surface area contributed by atoms with Crippen LogP contribution < -0.4 is 15.5 Å². The van der Waals surface area contributed by atoms with E-state index in [0.717, 1.165) is 46.8 Å². The summed E-state index contributed by atoms with van der Waals surface area (Å²) in [5.41, 5.74) is 7.51. The maximum atomic E-state index is 13.4. The van der Waals surface area contributed by atoms with Gasteiger partial charge < -0.3 is 15.5 Å². The SMILES string of the molecule is CCCc1nnc2n1N[C@@H](c1ccc(OC)cc1)[C@@H](C(=O)Nc1ccc(C)cc1C)S2. The summed E-state index contributed by atoms with van der Waals surface area (Å²) >= 11 is 1.44.